The van der Waals surface area contributed by atoms with E-state index in [1.807, 2.05) is 36.4 Å². The predicted octanol–water partition coefficient (Wildman–Crippen LogP) is 7.89. The lowest BCUT2D eigenvalue weighted by Gasteiger charge is -2.38. The van der Waals surface area contributed by atoms with Gasteiger partial charge in [0.25, 0.3) is 0 Å². The Morgan fingerprint density at radius 3 is 1.33 bits per heavy atom. The minimum absolute atomic E-state index is 0.297. The minimum Gasteiger partial charge on any atom is -0.494 e. The Kier molecular flexibility index (Phi) is 9.60. The number of unbranched alkanes of at least 4 members (excludes halogenated alkanes) is 10. The minimum atomic E-state index is -0.530. The van der Waals surface area contributed by atoms with Crippen LogP contribution in [0.25, 0.3) is 0 Å². The van der Waals surface area contributed by atoms with Gasteiger partial charge in [-0.1, -0.05) is 90.2 Å². The number of carbonyl (C=O) groups is 2. The van der Waals surface area contributed by atoms with Gasteiger partial charge in [0, 0.05) is 0 Å². The summed E-state index contributed by atoms with van der Waals surface area (Å²) >= 11 is 0. The average molecular weight is 491 g/mol. The molecule has 0 radical (unpaired) electrons. The second-order valence-electron chi connectivity index (χ2n) is 10.4. The van der Waals surface area contributed by atoms with Crippen molar-refractivity contribution < 1.29 is 19.1 Å². The molecule has 0 unspecified atom stereocenters. The molecule has 2 aromatic rings. The molecule has 5 rings (SSSR count). The number of rotatable bonds is 16. The number of fused-ring (bicyclic) bond motifs is 1. The van der Waals surface area contributed by atoms with E-state index in [2.05, 4.69) is 13.8 Å². The normalized spacial score (nSPS) is 17.7. The summed E-state index contributed by atoms with van der Waals surface area (Å²) < 4.78 is 12.0. The molecule has 36 heavy (non-hydrogen) atoms. The van der Waals surface area contributed by atoms with Gasteiger partial charge in [0.2, 0.25) is 11.6 Å². The Balaban J connectivity index is 1.39. The lowest BCUT2D eigenvalue weighted by atomic mass is 9.62. The lowest BCUT2D eigenvalue weighted by Crippen LogP contribution is -2.40. The third-order valence-electron chi connectivity index (χ3n) is 7.66. The highest BCUT2D eigenvalue weighted by atomic mass is 16.5. The summed E-state index contributed by atoms with van der Waals surface area (Å²) in [6.07, 6.45) is 14.6. The van der Waals surface area contributed by atoms with Crippen LogP contribution < -0.4 is 9.47 Å². The van der Waals surface area contributed by atoms with E-state index in [0.717, 1.165) is 46.6 Å². The zero-order valence-electron chi connectivity index (χ0n) is 22.2. The van der Waals surface area contributed by atoms with Crippen LogP contribution >= 0.6 is 0 Å². The van der Waals surface area contributed by atoms with Gasteiger partial charge >= 0.3 is 0 Å². The van der Waals surface area contributed by atoms with Gasteiger partial charge in [-0.25, -0.2) is 0 Å². The zero-order valence-corrected chi connectivity index (χ0v) is 22.2. The first-order chi connectivity index (χ1) is 17.7. The maximum absolute atomic E-state index is 13.0. The lowest BCUT2D eigenvalue weighted by molar-refractivity contribution is -0.138. The fourth-order valence-corrected chi connectivity index (χ4v) is 5.64. The smallest absolute Gasteiger partial charge is 0.211 e. The number of hydrogen-bond acceptors (Lipinski definition) is 4. The Morgan fingerprint density at radius 1 is 0.528 bits per heavy atom. The number of ketones is 2. The molecule has 2 aromatic carbocycles. The first-order valence-corrected chi connectivity index (χ1v) is 14.3. The van der Waals surface area contributed by atoms with E-state index in [-0.39, 0.29) is 11.6 Å². The number of ether oxygens (including phenoxy) is 2. The molecule has 0 saturated heterocycles. The van der Waals surface area contributed by atoms with Gasteiger partial charge in [-0.15, -0.1) is 0 Å². The Morgan fingerprint density at radius 2 is 0.917 bits per heavy atom. The molecule has 4 nitrogen and oxygen atoms in total. The summed E-state index contributed by atoms with van der Waals surface area (Å²) in [5, 5.41) is 0. The van der Waals surface area contributed by atoms with Crippen molar-refractivity contribution in [2.75, 3.05) is 13.2 Å². The van der Waals surface area contributed by atoms with E-state index in [0.29, 0.717) is 13.2 Å². The van der Waals surface area contributed by atoms with E-state index in [4.69, 9.17) is 9.47 Å². The molecule has 0 saturated carbocycles. The molecular formula is C32H42O4. The number of Topliss-reactive ketones (excluding diaryl/α,β-unsaturated/α-hetero) is 2. The van der Waals surface area contributed by atoms with Crippen LogP contribution in [-0.2, 0) is 9.59 Å². The number of benzene rings is 2. The summed E-state index contributed by atoms with van der Waals surface area (Å²) in [6, 6.07) is 11.8. The SMILES string of the molecule is CCCCCCCCOc1ccc2c(c1)[C@@H]1C(=O)C(=O)[C@H]2c2cc(OCCCCCCCC)ccc21. The molecule has 3 aliphatic rings. The number of carbonyl (C=O) groups excluding carboxylic acids is 2. The van der Waals surface area contributed by atoms with Crippen molar-refractivity contribution in [1.29, 1.82) is 0 Å². The second-order valence-corrected chi connectivity index (χ2v) is 10.4. The van der Waals surface area contributed by atoms with E-state index in [9.17, 15) is 9.59 Å². The van der Waals surface area contributed by atoms with Crippen LogP contribution in [-0.4, -0.2) is 24.8 Å². The third kappa shape index (κ3) is 6.02. The van der Waals surface area contributed by atoms with Crippen molar-refractivity contribution in [3.63, 3.8) is 0 Å². The Bertz CT molecular complexity index is 957. The summed E-state index contributed by atoms with van der Waals surface area (Å²) in [7, 11) is 0. The molecule has 2 atom stereocenters. The highest BCUT2D eigenvalue weighted by Gasteiger charge is 2.49. The van der Waals surface area contributed by atoms with Gasteiger partial charge in [-0.05, 0) is 59.4 Å². The Hall–Kier alpha value is -2.62. The summed E-state index contributed by atoms with van der Waals surface area (Å²) in [5.74, 6) is -0.0795. The van der Waals surface area contributed by atoms with Gasteiger partial charge in [-0.3, -0.25) is 9.59 Å². The molecule has 0 heterocycles. The quantitative estimate of drug-likeness (QED) is 0.177. The predicted molar refractivity (Wildman–Crippen MR) is 144 cm³/mol. The molecule has 4 heteroatoms. The maximum Gasteiger partial charge on any atom is 0.211 e. The zero-order chi connectivity index (χ0) is 25.3. The van der Waals surface area contributed by atoms with E-state index < -0.39 is 11.8 Å². The molecule has 0 aromatic heterocycles. The van der Waals surface area contributed by atoms with Gasteiger partial charge in [0.1, 0.15) is 11.5 Å². The molecule has 2 bridgehead atoms. The van der Waals surface area contributed by atoms with Crippen molar-refractivity contribution in [3.05, 3.63) is 58.7 Å². The molecule has 0 N–H and O–H groups in total. The molecule has 194 valence electrons. The third-order valence-corrected chi connectivity index (χ3v) is 7.66. The van der Waals surface area contributed by atoms with Crippen LogP contribution in [0.15, 0.2) is 36.4 Å². The molecule has 0 fully saturated rings. The Labute approximate surface area is 216 Å². The topological polar surface area (TPSA) is 52.6 Å². The monoisotopic (exact) mass is 490 g/mol. The standard InChI is InChI=1S/C32H42O4/c1-3-5-7-9-11-13-19-35-23-15-17-25-27(21-23)29-26-18-16-24(36-20-14-12-10-8-6-4-2)22-28(26)30(25)32(34)31(29)33/h15-18,21-22,29-30H,3-14,19-20H2,1-2H3/t29-,30-/m1/s1. The molecule has 0 amide bonds. The molecule has 3 aliphatic carbocycles. The average Bonchev–Trinajstić information content (AvgIpc) is 2.89. The summed E-state index contributed by atoms with van der Waals surface area (Å²) in [4.78, 5) is 26.0. The number of hydrogen-bond donors (Lipinski definition) is 0. The highest BCUT2D eigenvalue weighted by molar-refractivity contribution is 6.45. The highest BCUT2D eigenvalue weighted by Crippen LogP contribution is 2.51. The fourth-order valence-electron chi connectivity index (χ4n) is 5.64. The van der Waals surface area contributed by atoms with Crippen LogP contribution in [0.1, 0.15) is 125 Å². The van der Waals surface area contributed by atoms with Crippen LogP contribution in [0.5, 0.6) is 11.5 Å². The fraction of sp³-hybridized carbons (Fsp3) is 0.562. The second kappa shape index (κ2) is 13.1. The van der Waals surface area contributed by atoms with Crippen molar-refractivity contribution in [2.45, 2.75) is 103 Å². The summed E-state index contributed by atoms with van der Waals surface area (Å²) in [6.45, 7) is 5.82. The van der Waals surface area contributed by atoms with Gasteiger partial charge < -0.3 is 9.47 Å². The first-order valence-electron chi connectivity index (χ1n) is 14.3. The molecular weight excluding hydrogens is 448 g/mol. The van der Waals surface area contributed by atoms with E-state index in [1.165, 1.54) is 64.2 Å². The van der Waals surface area contributed by atoms with Crippen molar-refractivity contribution in [2.24, 2.45) is 0 Å². The van der Waals surface area contributed by atoms with Crippen LogP contribution in [0.4, 0.5) is 0 Å². The molecule has 0 spiro atoms. The van der Waals surface area contributed by atoms with E-state index in [1.54, 1.807) is 0 Å². The van der Waals surface area contributed by atoms with Crippen LogP contribution in [0.2, 0.25) is 0 Å². The first kappa shape index (κ1) is 26.4. The van der Waals surface area contributed by atoms with Gasteiger partial charge in [-0.2, -0.15) is 0 Å². The van der Waals surface area contributed by atoms with Crippen molar-refractivity contribution in [3.8, 4) is 11.5 Å². The van der Waals surface area contributed by atoms with Gasteiger partial charge in [0.05, 0.1) is 25.0 Å². The van der Waals surface area contributed by atoms with Gasteiger partial charge in [0.15, 0.2) is 0 Å². The van der Waals surface area contributed by atoms with E-state index >= 15 is 0 Å². The maximum atomic E-state index is 13.0. The van der Waals surface area contributed by atoms with Crippen LogP contribution in [0, 0.1) is 0 Å². The molecule has 0 aliphatic heterocycles. The van der Waals surface area contributed by atoms with Crippen LogP contribution in [0.3, 0.4) is 0 Å². The largest absolute Gasteiger partial charge is 0.494 e. The van der Waals surface area contributed by atoms with Crippen molar-refractivity contribution >= 4 is 11.6 Å². The van der Waals surface area contributed by atoms with Crippen molar-refractivity contribution in [1.82, 2.24) is 0 Å². The summed E-state index contributed by atoms with van der Waals surface area (Å²) in [5.41, 5.74) is 3.74.